The van der Waals surface area contributed by atoms with Gasteiger partial charge in [-0.15, -0.1) is 24.0 Å². The number of nitrogens with one attached hydrogen (secondary N) is 2. The van der Waals surface area contributed by atoms with Crippen LogP contribution < -0.4 is 10.1 Å². The fourth-order valence-electron chi connectivity index (χ4n) is 3.49. The first-order chi connectivity index (χ1) is 14.8. The Morgan fingerprint density at radius 3 is 2.74 bits per heavy atom. The molecule has 1 aliphatic rings. The summed E-state index contributed by atoms with van der Waals surface area (Å²) in [6.07, 6.45) is 4.52. The molecule has 1 aliphatic heterocycles. The molecule has 9 heteroatoms. The number of hydrogen-bond donors (Lipinski definition) is 2. The Morgan fingerprint density at radius 1 is 1.23 bits per heavy atom. The van der Waals surface area contributed by atoms with Crippen molar-refractivity contribution < 1.29 is 9.15 Å². The summed E-state index contributed by atoms with van der Waals surface area (Å²) in [5.41, 5.74) is 0. The molecule has 0 atom stereocenters. The number of para-hydroxylation sites is 1. The van der Waals surface area contributed by atoms with E-state index in [0.29, 0.717) is 24.6 Å². The zero-order valence-corrected chi connectivity index (χ0v) is 20.0. The van der Waals surface area contributed by atoms with E-state index in [1.807, 2.05) is 42.5 Å². The molecular weight excluding hydrogens is 507 g/mol. The van der Waals surface area contributed by atoms with Gasteiger partial charge < -0.3 is 19.4 Å². The van der Waals surface area contributed by atoms with Crippen LogP contribution >= 0.6 is 24.0 Å². The quantitative estimate of drug-likeness (QED) is 0.272. The second-order valence-corrected chi connectivity index (χ2v) is 7.19. The first kappa shape index (κ1) is 23.1. The highest BCUT2D eigenvalue weighted by Crippen LogP contribution is 2.19. The van der Waals surface area contributed by atoms with Crippen molar-refractivity contribution in [2.24, 2.45) is 4.99 Å². The van der Waals surface area contributed by atoms with E-state index in [1.54, 1.807) is 6.26 Å². The number of nitrogens with zero attached hydrogens (tertiary/aromatic N) is 4. The number of aromatic nitrogens is 3. The van der Waals surface area contributed by atoms with Crippen molar-refractivity contribution in [2.75, 3.05) is 26.2 Å². The molecule has 0 amide bonds. The number of aliphatic imine (C=N–C) groups is 1. The van der Waals surface area contributed by atoms with Crippen LogP contribution in [0.2, 0.25) is 0 Å². The van der Waals surface area contributed by atoms with E-state index in [4.69, 9.17) is 14.1 Å². The second kappa shape index (κ2) is 11.7. The van der Waals surface area contributed by atoms with Gasteiger partial charge in [-0.3, -0.25) is 10.1 Å². The van der Waals surface area contributed by atoms with E-state index in [2.05, 4.69) is 32.3 Å². The standard InChI is InChI=1S/C22H28N6O2.HI/c1-2-23-22(24-13-10-20-25-21(27-26-20)19-9-6-16-29-19)28-14-11-18(12-15-28)30-17-7-4-3-5-8-17;/h3-9,16,18H,2,10-15H2,1H3,(H,23,24)(H,25,26,27);1H. The van der Waals surface area contributed by atoms with Crippen LogP contribution in [-0.4, -0.2) is 58.3 Å². The van der Waals surface area contributed by atoms with Gasteiger partial charge in [0.15, 0.2) is 11.7 Å². The molecule has 3 aromatic rings. The topological polar surface area (TPSA) is 91.6 Å². The van der Waals surface area contributed by atoms with E-state index in [0.717, 1.165) is 50.0 Å². The van der Waals surface area contributed by atoms with E-state index >= 15 is 0 Å². The first-order valence-electron chi connectivity index (χ1n) is 10.5. The molecule has 2 N–H and O–H groups in total. The van der Waals surface area contributed by atoms with E-state index in [1.165, 1.54) is 0 Å². The van der Waals surface area contributed by atoms with Gasteiger partial charge in [-0.05, 0) is 31.2 Å². The minimum absolute atomic E-state index is 0. The van der Waals surface area contributed by atoms with Crippen LogP contribution in [0.4, 0.5) is 0 Å². The van der Waals surface area contributed by atoms with Crippen LogP contribution in [0.15, 0.2) is 58.1 Å². The lowest BCUT2D eigenvalue weighted by Gasteiger charge is -2.34. The summed E-state index contributed by atoms with van der Waals surface area (Å²) in [4.78, 5) is 11.6. The van der Waals surface area contributed by atoms with E-state index in [-0.39, 0.29) is 30.1 Å². The monoisotopic (exact) mass is 536 g/mol. The van der Waals surface area contributed by atoms with Gasteiger partial charge in [-0.2, -0.15) is 5.10 Å². The molecule has 166 valence electrons. The normalized spacial score (nSPS) is 14.9. The molecule has 0 unspecified atom stereocenters. The van der Waals surface area contributed by atoms with E-state index in [9.17, 15) is 0 Å². The van der Waals surface area contributed by atoms with Gasteiger partial charge >= 0.3 is 0 Å². The molecule has 0 spiro atoms. The van der Waals surface area contributed by atoms with Crippen LogP contribution in [0.1, 0.15) is 25.6 Å². The maximum atomic E-state index is 6.10. The molecule has 0 saturated carbocycles. The fourth-order valence-corrected chi connectivity index (χ4v) is 3.49. The van der Waals surface area contributed by atoms with Crippen molar-refractivity contribution in [3.63, 3.8) is 0 Å². The van der Waals surface area contributed by atoms with Gasteiger partial charge in [0, 0.05) is 45.4 Å². The highest BCUT2D eigenvalue weighted by Gasteiger charge is 2.22. The predicted molar refractivity (Wildman–Crippen MR) is 131 cm³/mol. The molecule has 0 radical (unpaired) electrons. The second-order valence-electron chi connectivity index (χ2n) is 7.19. The Hall–Kier alpha value is -2.56. The van der Waals surface area contributed by atoms with Crippen LogP contribution in [-0.2, 0) is 6.42 Å². The number of halogens is 1. The van der Waals surface area contributed by atoms with Gasteiger partial charge in [0.1, 0.15) is 17.7 Å². The highest BCUT2D eigenvalue weighted by atomic mass is 127. The number of ether oxygens (including phenoxy) is 1. The zero-order chi connectivity index (χ0) is 20.6. The summed E-state index contributed by atoms with van der Waals surface area (Å²) < 4.78 is 11.4. The van der Waals surface area contributed by atoms with Gasteiger partial charge in [0.25, 0.3) is 0 Å². The van der Waals surface area contributed by atoms with Crippen molar-refractivity contribution in [3.8, 4) is 17.3 Å². The molecule has 1 fully saturated rings. The Kier molecular flexibility index (Phi) is 8.74. The number of likely N-dealkylation sites (tertiary alicyclic amines) is 1. The van der Waals surface area contributed by atoms with Crippen molar-refractivity contribution in [1.29, 1.82) is 0 Å². The summed E-state index contributed by atoms with van der Waals surface area (Å²) in [5, 5.41) is 10.6. The van der Waals surface area contributed by atoms with Gasteiger partial charge in [-0.25, -0.2) is 4.98 Å². The maximum Gasteiger partial charge on any atom is 0.216 e. The third kappa shape index (κ3) is 6.46. The molecule has 1 aromatic carbocycles. The molecule has 1 saturated heterocycles. The average molecular weight is 536 g/mol. The number of furan rings is 1. The van der Waals surface area contributed by atoms with Gasteiger partial charge in [0.05, 0.1) is 6.26 Å². The van der Waals surface area contributed by atoms with Crippen LogP contribution in [0.5, 0.6) is 5.75 Å². The number of hydrogen-bond acceptors (Lipinski definition) is 5. The maximum absolute atomic E-state index is 6.10. The smallest absolute Gasteiger partial charge is 0.216 e. The van der Waals surface area contributed by atoms with E-state index < -0.39 is 0 Å². The van der Waals surface area contributed by atoms with Crippen molar-refractivity contribution in [2.45, 2.75) is 32.3 Å². The van der Waals surface area contributed by atoms with Crippen molar-refractivity contribution >= 4 is 29.9 Å². The minimum Gasteiger partial charge on any atom is -0.490 e. The summed E-state index contributed by atoms with van der Waals surface area (Å²) >= 11 is 0. The number of H-pyrrole nitrogens is 1. The summed E-state index contributed by atoms with van der Waals surface area (Å²) in [5.74, 6) is 3.93. The number of piperidine rings is 1. The third-order valence-corrected chi connectivity index (χ3v) is 5.01. The highest BCUT2D eigenvalue weighted by molar-refractivity contribution is 14.0. The fraction of sp³-hybridized carbons (Fsp3) is 0.409. The van der Waals surface area contributed by atoms with Crippen LogP contribution in [0.3, 0.4) is 0 Å². The Bertz CT molecular complexity index is 921. The number of benzene rings is 1. The average Bonchev–Trinajstić information content (AvgIpc) is 3.47. The molecular formula is C22H29IN6O2. The van der Waals surface area contributed by atoms with Crippen LogP contribution in [0.25, 0.3) is 11.6 Å². The molecule has 0 aliphatic carbocycles. The molecule has 0 bridgehead atoms. The number of aromatic amines is 1. The molecule has 3 heterocycles. The molecule has 2 aromatic heterocycles. The minimum atomic E-state index is 0. The Labute approximate surface area is 199 Å². The summed E-state index contributed by atoms with van der Waals surface area (Å²) in [7, 11) is 0. The van der Waals surface area contributed by atoms with Gasteiger partial charge in [-0.1, -0.05) is 18.2 Å². The SMILES string of the molecule is CCNC(=NCCc1nc(-c2ccco2)n[nH]1)N1CCC(Oc2ccccc2)CC1.I. The summed E-state index contributed by atoms with van der Waals surface area (Å²) in [6.45, 7) is 5.41. The van der Waals surface area contributed by atoms with Crippen molar-refractivity contribution in [1.82, 2.24) is 25.4 Å². The Morgan fingerprint density at radius 2 is 2.03 bits per heavy atom. The largest absolute Gasteiger partial charge is 0.490 e. The lowest BCUT2D eigenvalue weighted by molar-refractivity contribution is 0.129. The number of rotatable bonds is 7. The van der Waals surface area contributed by atoms with Crippen LogP contribution in [0, 0.1) is 0 Å². The van der Waals surface area contributed by atoms with Crippen molar-refractivity contribution in [3.05, 3.63) is 54.6 Å². The molecule has 4 rings (SSSR count). The lowest BCUT2D eigenvalue weighted by Crippen LogP contribution is -2.47. The zero-order valence-electron chi connectivity index (χ0n) is 17.7. The van der Waals surface area contributed by atoms with Gasteiger partial charge in [0.2, 0.25) is 5.82 Å². The molecule has 8 nitrogen and oxygen atoms in total. The number of guanidine groups is 1. The lowest BCUT2D eigenvalue weighted by atomic mass is 10.1. The summed E-state index contributed by atoms with van der Waals surface area (Å²) in [6, 6.07) is 13.7. The first-order valence-corrected chi connectivity index (χ1v) is 10.5. The molecule has 31 heavy (non-hydrogen) atoms. The third-order valence-electron chi connectivity index (χ3n) is 5.01. The Balaban J connectivity index is 0.00000272. The predicted octanol–water partition coefficient (Wildman–Crippen LogP) is 3.73.